The first-order valence-electron chi connectivity index (χ1n) is 8.59. The molecule has 0 spiro atoms. The molecule has 0 radical (unpaired) electrons. The Hall–Kier alpha value is -1.05. The lowest BCUT2D eigenvalue weighted by Crippen LogP contribution is -2.29. The van der Waals surface area contributed by atoms with Gasteiger partial charge < -0.3 is 4.90 Å². The quantitative estimate of drug-likeness (QED) is 0.511. The van der Waals surface area contributed by atoms with E-state index in [0.717, 1.165) is 19.6 Å². The number of alkyl halides is 1. The molecule has 0 bridgehead atoms. The molecule has 0 aromatic heterocycles. The zero-order chi connectivity index (χ0) is 15.8. The van der Waals surface area contributed by atoms with Crippen LogP contribution >= 0.6 is 11.6 Å². The first kappa shape index (κ1) is 17.3. The van der Waals surface area contributed by atoms with Gasteiger partial charge in [0.1, 0.15) is 0 Å². The highest BCUT2D eigenvalue weighted by atomic mass is 35.5. The van der Waals surface area contributed by atoms with Crippen molar-refractivity contribution in [1.82, 2.24) is 4.90 Å². The molecule has 0 aliphatic rings. The maximum absolute atomic E-state index is 6.72. The van der Waals surface area contributed by atoms with Gasteiger partial charge in [0.2, 0.25) is 0 Å². The molecule has 22 heavy (non-hydrogen) atoms. The molecule has 0 heterocycles. The standard InChI is InChI=1S/C20H28ClN/c1-3-5-13-22(14-6-4-2)16-20(21)19-12-11-17-9-7-8-10-18(17)15-19/h7-12,15,20H,3-6,13-14,16H2,1-2H3. The summed E-state index contributed by atoms with van der Waals surface area (Å²) in [6.45, 7) is 7.76. The first-order valence-corrected chi connectivity index (χ1v) is 9.03. The molecular formula is C20H28ClN. The minimum Gasteiger partial charge on any atom is -0.302 e. The van der Waals surface area contributed by atoms with Crippen molar-refractivity contribution < 1.29 is 0 Å². The number of halogens is 1. The van der Waals surface area contributed by atoms with Crippen molar-refractivity contribution in [1.29, 1.82) is 0 Å². The van der Waals surface area contributed by atoms with Crippen molar-refractivity contribution in [3.63, 3.8) is 0 Å². The van der Waals surface area contributed by atoms with E-state index < -0.39 is 0 Å². The van der Waals surface area contributed by atoms with Crippen molar-refractivity contribution in [2.75, 3.05) is 19.6 Å². The van der Waals surface area contributed by atoms with Gasteiger partial charge >= 0.3 is 0 Å². The van der Waals surface area contributed by atoms with E-state index in [1.807, 2.05) is 0 Å². The van der Waals surface area contributed by atoms with E-state index >= 15 is 0 Å². The van der Waals surface area contributed by atoms with E-state index in [1.165, 1.54) is 42.0 Å². The lowest BCUT2D eigenvalue weighted by atomic mass is 10.0. The van der Waals surface area contributed by atoms with Crippen LogP contribution in [0.25, 0.3) is 10.8 Å². The summed E-state index contributed by atoms with van der Waals surface area (Å²) in [5, 5.41) is 2.63. The predicted octanol–water partition coefficient (Wildman–Crippen LogP) is 6.02. The molecule has 2 aromatic rings. The molecule has 2 heteroatoms. The fourth-order valence-electron chi connectivity index (χ4n) is 2.79. The summed E-state index contributed by atoms with van der Waals surface area (Å²) < 4.78 is 0. The van der Waals surface area contributed by atoms with Crippen molar-refractivity contribution >= 4 is 22.4 Å². The van der Waals surface area contributed by atoms with Gasteiger partial charge in [-0.25, -0.2) is 0 Å². The predicted molar refractivity (Wildman–Crippen MR) is 98.8 cm³/mol. The van der Waals surface area contributed by atoms with Crippen molar-refractivity contribution in [3.05, 3.63) is 48.0 Å². The third-order valence-electron chi connectivity index (χ3n) is 4.21. The summed E-state index contributed by atoms with van der Waals surface area (Å²) in [6.07, 6.45) is 4.99. The van der Waals surface area contributed by atoms with Crippen LogP contribution in [0.4, 0.5) is 0 Å². The number of benzene rings is 2. The summed E-state index contributed by atoms with van der Waals surface area (Å²) >= 11 is 6.72. The Labute approximate surface area is 140 Å². The smallest absolute Gasteiger partial charge is 0.0712 e. The lowest BCUT2D eigenvalue weighted by molar-refractivity contribution is 0.265. The average molecular weight is 318 g/mol. The van der Waals surface area contributed by atoms with Gasteiger partial charge in [-0.1, -0.05) is 63.1 Å². The summed E-state index contributed by atoms with van der Waals surface area (Å²) in [4.78, 5) is 2.53. The fourth-order valence-corrected chi connectivity index (χ4v) is 3.12. The van der Waals surface area contributed by atoms with E-state index in [9.17, 15) is 0 Å². The number of nitrogens with zero attached hydrogens (tertiary/aromatic N) is 1. The highest BCUT2D eigenvalue weighted by molar-refractivity contribution is 6.21. The molecule has 0 amide bonds. The SMILES string of the molecule is CCCCN(CCCC)CC(Cl)c1ccc2ccccc2c1. The summed E-state index contributed by atoms with van der Waals surface area (Å²) in [7, 11) is 0. The molecule has 0 N–H and O–H groups in total. The summed E-state index contributed by atoms with van der Waals surface area (Å²) in [5.41, 5.74) is 1.23. The van der Waals surface area contributed by atoms with E-state index in [2.05, 4.69) is 61.2 Å². The van der Waals surface area contributed by atoms with Gasteiger partial charge in [0.25, 0.3) is 0 Å². The molecule has 0 aliphatic carbocycles. The van der Waals surface area contributed by atoms with Crippen LogP contribution in [0.5, 0.6) is 0 Å². The summed E-state index contributed by atoms with van der Waals surface area (Å²) in [5.74, 6) is 0. The molecule has 0 aliphatic heterocycles. The van der Waals surface area contributed by atoms with Gasteiger partial charge in [-0.05, 0) is 48.3 Å². The third kappa shape index (κ3) is 5.00. The maximum atomic E-state index is 6.72. The molecular weight excluding hydrogens is 290 g/mol. The van der Waals surface area contributed by atoms with E-state index in [1.54, 1.807) is 0 Å². The van der Waals surface area contributed by atoms with E-state index in [-0.39, 0.29) is 5.38 Å². The highest BCUT2D eigenvalue weighted by Gasteiger charge is 2.13. The van der Waals surface area contributed by atoms with Gasteiger partial charge in [-0.15, -0.1) is 11.6 Å². The Kier molecular flexibility index (Phi) is 7.21. The topological polar surface area (TPSA) is 3.24 Å². The molecule has 2 rings (SSSR count). The van der Waals surface area contributed by atoms with Crippen molar-refractivity contribution in [2.45, 2.75) is 44.9 Å². The molecule has 1 unspecified atom stereocenters. The second-order valence-electron chi connectivity index (χ2n) is 6.08. The fraction of sp³-hybridized carbons (Fsp3) is 0.500. The molecule has 0 fully saturated rings. The monoisotopic (exact) mass is 317 g/mol. The molecule has 2 aromatic carbocycles. The highest BCUT2D eigenvalue weighted by Crippen LogP contribution is 2.26. The number of fused-ring (bicyclic) bond motifs is 1. The van der Waals surface area contributed by atoms with Crippen LogP contribution in [-0.2, 0) is 0 Å². The van der Waals surface area contributed by atoms with Crippen LogP contribution in [0.3, 0.4) is 0 Å². The molecule has 0 saturated carbocycles. The van der Waals surface area contributed by atoms with Crippen LogP contribution in [0, 0.1) is 0 Å². The number of unbranched alkanes of at least 4 members (excludes halogenated alkanes) is 2. The zero-order valence-corrected chi connectivity index (χ0v) is 14.6. The number of hydrogen-bond donors (Lipinski definition) is 0. The number of hydrogen-bond acceptors (Lipinski definition) is 1. The first-order chi connectivity index (χ1) is 10.7. The Morgan fingerprint density at radius 1 is 0.909 bits per heavy atom. The van der Waals surface area contributed by atoms with Gasteiger partial charge in [0.15, 0.2) is 0 Å². The maximum Gasteiger partial charge on any atom is 0.0712 e. The zero-order valence-electron chi connectivity index (χ0n) is 13.9. The van der Waals surface area contributed by atoms with Crippen LogP contribution < -0.4 is 0 Å². The largest absolute Gasteiger partial charge is 0.302 e. The third-order valence-corrected chi connectivity index (χ3v) is 4.60. The van der Waals surface area contributed by atoms with Crippen LogP contribution in [0.1, 0.15) is 50.5 Å². The molecule has 120 valence electrons. The lowest BCUT2D eigenvalue weighted by Gasteiger charge is -2.25. The second kappa shape index (κ2) is 9.17. The van der Waals surface area contributed by atoms with Crippen LogP contribution in [0.2, 0.25) is 0 Å². The number of rotatable bonds is 9. The van der Waals surface area contributed by atoms with Gasteiger partial charge in [-0.3, -0.25) is 0 Å². The van der Waals surface area contributed by atoms with Crippen molar-refractivity contribution in [2.24, 2.45) is 0 Å². The Balaban J connectivity index is 2.04. The average Bonchev–Trinajstić information content (AvgIpc) is 2.56. The van der Waals surface area contributed by atoms with Gasteiger partial charge in [0.05, 0.1) is 5.38 Å². The Bertz CT molecular complexity index is 558. The molecule has 1 atom stereocenters. The minimum absolute atomic E-state index is 0.0679. The molecule has 0 saturated heterocycles. The van der Waals surface area contributed by atoms with E-state index in [0.29, 0.717) is 0 Å². The Morgan fingerprint density at radius 2 is 1.55 bits per heavy atom. The normalized spacial score (nSPS) is 12.9. The van der Waals surface area contributed by atoms with Crippen LogP contribution in [-0.4, -0.2) is 24.5 Å². The van der Waals surface area contributed by atoms with Crippen LogP contribution in [0.15, 0.2) is 42.5 Å². The summed E-state index contributed by atoms with van der Waals surface area (Å²) in [6, 6.07) is 15.1. The van der Waals surface area contributed by atoms with Gasteiger partial charge in [-0.2, -0.15) is 0 Å². The molecule has 1 nitrogen and oxygen atoms in total. The van der Waals surface area contributed by atoms with Crippen molar-refractivity contribution in [3.8, 4) is 0 Å². The van der Waals surface area contributed by atoms with Gasteiger partial charge in [0, 0.05) is 6.54 Å². The van der Waals surface area contributed by atoms with E-state index in [4.69, 9.17) is 11.6 Å². The minimum atomic E-state index is 0.0679. The second-order valence-corrected chi connectivity index (χ2v) is 6.61. The Morgan fingerprint density at radius 3 is 2.18 bits per heavy atom.